The van der Waals surface area contributed by atoms with Gasteiger partial charge in [0.25, 0.3) is 5.91 Å². The number of carbonyl (C=O) groups is 1. The fourth-order valence-electron chi connectivity index (χ4n) is 3.46. The van der Waals surface area contributed by atoms with E-state index < -0.39 is 5.82 Å². The number of amides is 1. The van der Waals surface area contributed by atoms with Crippen LogP contribution in [0.25, 0.3) is 0 Å². The largest absolute Gasteiger partial charge is 0.460 e. The minimum absolute atomic E-state index is 0.0442. The summed E-state index contributed by atoms with van der Waals surface area (Å²) >= 11 is 0. The van der Waals surface area contributed by atoms with Crippen molar-refractivity contribution in [1.29, 1.82) is 0 Å². The maximum absolute atomic E-state index is 12.9. The summed E-state index contributed by atoms with van der Waals surface area (Å²) in [4.78, 5) is 20.5. The fraction of sp³-hybridized carbons (Fsp3) is 0.261. The first-order valence-electron chi connectivity index (χ1n) is 9.94. The topological polar surface area (TPSA) is 73.3 Å². The number of benzene rings is 2. The molecule has 0 atom stereocenters. The Labute approximate surface area is 174 Å². The van der Waals surface area contributed by atoms with Gasteiger partial charge in [0, 0.05) is 6.04 Å². The van der Waals surface area contributed by atoms with Crippen molar-refractivity contribution in [3.05, 3.63) is 78.4 Å². The number of ether oxygens (including phenoxy) is 2. The van der Waals surface area contributed by atoms with Gasteiger partial charge in [0.15, 0.2) is 5.82 Å². The molecule has 7 heteroatoms. The van der Waals surface area contributed by atoms with Gasteiger partial charge in [-0.1, -0.05) is 30.3 Å². The number of halogens is 1. The Kier molecular flexibility index (Phi) is 6.17. The van der Waals surface area contributed by atoms with Gasteiger partial charge < -0.3 is 14.8 Å². The summed E-state index contributed by atoms with van der Waals surface area (Å²) in [6.45, 7) is 0. The van der Waals surface area contributed by atoms with Crippen molar-refractivity contribution in [2.24, 2.45) is 0 Å². The van der Waals surface area contributed by atoms with Crippen molar-refractivity contribution in [2.75, 3.05) is 0 Å². The summed E-state index contributed by atoms with van der Waals surface area (Å²) in [5.74, 6) is 0.545. The normalized spacial score (nSPS) is 18.4. The van der Waals surface area contributed by atoms with E-state index in [1.54, 1.807) is 12.1 Å². The summed E-state index contributed by atoms with van der Waals surface area (Å²) in [5.41, 5.74) is 0.499. The maximum Gasteiger partial charge on any atom is 0.316 e. The lowest BCUT2D eigenvalue weighted by Gasteiger charge is -2.29. The van der Waals surface area contributed by atoms with Gasteiger partial charge in [-0.05, 0) is 49.9 Å². The number of aromatic nitrogens is 2. The van der Waals surface area contributed by atoms with Gasteiger partial charge in [-0.15, -0.1) is 0 Å². The predicted octanol–water partition coefficient (Wildman–Crippen LogP) is 4.53. The molecule has 4 rings (SSSR count). The fourth-order valence-corrected chi connectivity index (χ4v) is 3.46. The molecule has 1 N–H and O–H groups in total. The lowest BCUT2D eigenvalue weighted by atomic mass is 9.92. The van der Waals surface area contributed by atoms with Crippen molar-refractivity contribution in [1.82, 2.24) is 15.3 Å². The van der Waals surface area contributed by atoms with E-state index in [1.807, 2.05) is 42.5 Å². The van der Waals surface area contributed by atoms with E-state index in [-0.39, 0.29) is 24.1 Å². The van der Waals surface area contributed by atoms with Gasteiger partial charge in [-0.2, -0.15) is 0 Å². The van der Waals surface area contributed by atoms with E-state index in [0.29, 0.717) is 17.1 Å². The first kappa shape index (κ1) is 19.8. The number of para-hydroxylation sites is 2. The Morgan fingerprint density at radius 1 is 0.933 bits per heavy atom. The van der Waals surface area contributed by atoms with Gasteiger partial charge >= 0.3 is 6.01 Å². The number of hydrogen-bond donors (Lipinski definition) is 1. The lowest BCUT2D eigenvalue weighted by Crippen LogP contribution is -2.39. The summed E-state index contributed by atoms with van der Waals surface area (Å²) in [6, 6.07) is 16.8. The van der Waals surface area contributed by atoms with Crippen molar-refractivity contribution < 1.29 is 18.7 Å². The van der Waals surface area contributed by atoms with Crippen LogP contribution in [0.3, 0.4) is 0 Å². The van der Waals surface area contributed by atoms with Crippen molar-refractivity contribution in [3.8, 4) is 17.5 Å². The molecule has 1 aliphatic carbocycles. The molecule has 1 aliphatic rings. The van der Waals surface area contributed by atoms with E-state index >= 15 is 0 Å². The number of carbonyl (C=O) groups excluding carboxylic acids is 1. The monoisotopic (exact) mass is 407 g/mol. The number of nitrogens with one attached hydrogen (secondary N) is 1. The maximum atomic E-state index is 12.9. The third kappa shape index (κ3) is 5.11. The van der Waals surface area contributed by atoms with E-state index in [2.05, 4.69) is 15.3 Å². The quantitative estimate of drug-likeness (QED) is 0.650. The van der Waals surface area contributed by atoms with Crippen LogP contribution < -0.4 is 14.8 Å². The van der Waals surface area contributed by atoms with Crippen LogP contribution in [0, 0.1) is 5.82 Å². The molecule has 1 amide bonds. The Bertz CT molecular complexity index is 974. The zero-order valence-electron chi connectivity index (χ0n) is 16.3. The highest BCUT2D eigenvalue weighted by atomic mass is 19.1. The van der Waals surface area contributed by atoms with Crippen LogP contribution in [0.15, 0.2) is 67.0 Å². The van der Waals surface area contributed by atoms with E-state index in [1.165, 1.54) is 0 Å². The molecular formula is C23H22FN3O3. The molecular weight excluding hydrogens is 385 g/mol. The zero-order chi connectivity index (χ0) is 20.8. The Hall–Kier alpha value is -3.48. The third-order valence-electron chi connectivity index (χ3n) is 4.98. The zero-order valence-corrected chi connectivity index (χ0v) is 16.3. The highest BCUT2D eigenvalue weighted by molar-refractivity contribution is 5.97. The molecule has 2 aromatic carbocycles. The number of rotatable bonds is 6. The van der Waals surface area contributed by atoms with Crippen LogP contribution in [0.5, 0.6) is 17.5 Å². The van der Waals surface area contributed by atoms with Crippen LogP contribution in [0.2, 0.25) is 0 Å². The SMILES string of the molecule is O=C(NC1CCC(Oc2ncc(F)cn2)CC1)c1ccccc1Oc1ccccc1. The second-order valence-corrected chi connectivity index (χ2v) is 7.16. The molecule has 1 saturated carbocycles. The average Bonchev–Trinajstić information content (AvgIpc) is 2.78. The van der Waals surface area contributed by atoms with Gasteiger partial charge in [-0.3, -0.25) is 4.79 Å². The molecule has 1 fully saturated rings. The third-order valence-corrected chi connectivity index (χ3v) is 4.98. The molecule has 0 spiro atoms. The highest BCUT2D eigenvalue weighted by Crippen LogP contribution is 2.26. The molecule has 0 aliphatic heterocycles. The van der Waals surface area contributed by atoms with Crippen LogP contribution in [-0.2, 0) is 0 Å². The second-order valence-electron chi connectivity index (χ2n) is 7.16. The molecule has 1 heterocycles. The van der Waals surface area contributed by atoms with Crippen molar-refractivity contribution >= 4 is 5.91 Å². The number of nitrogens with zero attached hydrogens (tertiary/aromatic N) is 2. The molecule has 6 nitrogen and oxygen atoms in total. The number of hydrogen-bond acceptors (Lipinski definition) is 5. The predicted molar refractivity (Wildman–Crippen MR) is 109 cm³/mol. The second kappa shape index (κ2) is 9.35. The molecule has 0 unspecified atom stereocenters. The average molecular weight is 407 g/mol. The summed E-state index contributed by atoms with van der Waals surface area (Å²) in [6.07, 6.45) is 5.20. The van der Waals surface area contributed by atoms with Crippen molar-refractivity contribution in [3.63, 3.8) is 0 Å². The molecule has 154 valence electrons. The molecule has 0 bridgehead atoms. The van der Waals surface area contributed by atoms with Crippen LogP contribution in [0.1, 0.15) is 36.0 Å². The van der Waals surface area contributed by atoms with Crippen LogP contribution >= 0.6 is 0 Å². The minimum atomic E-state index is -0.495. The van der Waals surface area contributed by atoms with E-state index in [4.69, 9.17) is 9.47 Å². The Morgan fingerprint density at radius 2 is 1.60 bits per heavy atom. The summed E-state index contributed by atoms with van der Waals surface area (Å²) in [7, 11) is 0. The summed E-state index contributed by atoms with van der Waals surface area (Å²) < 4.78 is 24.5. The summed E-state index contributed by atoms with van der Waals surface area (Å²) in [5, 5.41) is 3.10. The lowest BCUT2D eigenvalue weighted by molar-refractivity contribution is 0.0882. The molecule has 0 saturated heterocycles. The van der Waals surface area contributed by atoms with E-state index in [9.17, 15) is 9.18 Å². The molecule has 0 radical (unpaired) electrons. The van der Waals surface area contributed by atoms with Crippen LogP contribution in [-0.4, -0.2) is 28.0 Å². The standard InChI is InChI=1S/C23H22FN3O3/c24-16-14-25-23(26-15-16)30-19-12-10-17(11-13-19)27-22(28)20-8-4-5-9-21(20)29-18-6-2-1-3-7-18/h1-9,14-15,17,19H,10-13H2,(H,27,28). The van der Waals surface area contributed by atoms with Crippen LogP contribution in [0.4, 0.5) is 4.39 Å². The van der Waals surface area contributed by atoms with Gasteiger partial charge in [-0.25, -0.2) is 14.4 Å². The van der Waals surface area contributed by atoms with Gasteiger partial charge in [0.1, 0.15) is 17.6 Å². The van der Waals surface area contributed by atoms with Crippen molar-refractivity contribution in [2.45, 2.75) is 37.8 Å². The van der Waals surface area contributed by atoms with Gasteiger partial charge in [0.2, 0.25) is 0 Å². The Balaban J connectivity index is 1.32. The van der Waals surface area contributed by atoms with Gasteiger partial charge in [0.05, 0.1) is 18.0 Å². The van der Waals surface area contributed by atoms with E-state index in [0.717, 1.165) is 38.1 Å². The minimum Gasteiger partial charge on any atom is -0.460 e. The highest BCUT2D eigenvalue weighted by Gasteiger charge is 2.25. The molecule has 1 aromatic heterocycles. The Morgan fingerprint density at radius 3 is 2.33 bits per heavy atom. The smallest absolute Gasteiger partial charge is 0.316 e. The first-order chi connectivity index (χ1) is 14.7. The first-order valence-corrected chi connectivity index (χ1v) is 9.94. The molecule has 30 heavy (non-hydrogen) atoms. The molecule has 3 aromatic rings.